The van der Waals surface area contributed by atoms with Gasteiger partial charge in [0.25, 0.3) is 5.89 Å². The molecule has 1 saturated heterocycles. The Hall–Kier alpha value is -2.97. The van der Waals surface area contributed by atoms with Gasteiger partial charge in [-0.15, -0.1) is 0 Å². The lowest BCUT2D eigenvalue weighted by molar-refractivity contribution is -0.119. The minimum atomic E-state index is -0.241. The van der Waals surface area contributed by atoms with Gasteiger partial charge in [0, 0.05) is 45.2 Å². The van der Waals surface area contributed by atoms with Crippen LogP contribution in [0.1, 0.15) is 32.0 Å². The largest absolute Gasteiger partial charge is 0.370 e. The average Bonchev–Trinajstić information content (AvgIpc) is 3.17. The van der Waals surface area contributed by atoms with E-state index in [1.165, 1.54) is 0 Å². The van der Waals surface area contributed by atoms with E-state index in [1.807, 2.05) is 25.1 Å². The van der Waals surface area contributed by atoms with E-state index in [9.17, 15) is 4.79 Å². The molecule has 150 valence electrons. The number of piperidine rings is 1. The number of nitrogens with one attached hydrogen (secondary N) is 1. The van der Waals surface area contributed by atoms with Gasteiger partial charge in [-0.2, -0.15) is 4.98 Å². The van der Waals surface area contributed by atoms with Crippen LogP contribution in [0.4, 0.5) is 0 Å². The fourth-order valence-corrected chi connectivity index (χ4v) is 3.35. The number of guanidine groups is 1. The van der Waals surface area contributed by atoms with Crippen LogP contribution in [0.3, 0.4) is 0 Å². The summed E-state index contributed by atoms with van der Waals surface area (Å²) in [4.78, 5) is 26.7. The van der Waals surface area contributed by atoms with Crippen molar-refractivity contribution in [2.24, 2.45) is 16.6 Å². The van der Waals surface area contributed by atoms with Crippen LogP contribution in [-0.4, -0.2) is 58.1 Å². The van der Waals surface area contributed by atoms with Crippen LogP contribution in [0.15, 0.2) is 33.9 Å². The highest BCUT2D eigenvalue weighted by Crippen LogP contribution is 2.19. The third-order valence-electron chi connectivity index (χ3n) is 4.59. The fourth-order valence-electron chi connectivity index (χ4n) is 3.35. The second kappa shape index (κ2) is 9.82. The number of amides is 1. The first kappa shape index (κ1) is 19.8. The number of aliphatic imine (C=N–C) groups is 1. The molecule has 0 aromatic carbocycles. The smallest absolute Gasteiger partial charge is 0.276 e. The second-order valence-corrected chi connectivity index (χ2v) is 6.84. The van der Waals surface area contributed by atoms with E-state index in [4.69, 9.17) is 15.2 Å². The van der Waals surface area contributed by atoms with Crippen LogP contribution in [0, 0.1) is 5.92 Å². The van der Waals surface area contributed by atoms with Crippen molar-refractivity contribution < 1.29 is 9.32 Å². The quantitative estimate of drug-likeness (QED) is 0.543. The zero-order valence-electron chi connectivity index (χ0n) is 16.2. The molecule has 2 aromatic heterocycles. The predicted octanol–water partition coefficient (Wildman–Crippen LogP) is 1.23. The standard InChI is InChI=1S/C19H27N7O2/c1-2-21-19(26-11-5-6-14(13-26)12-16(20)27)23-10-8-17-24-18(28-25-17)15-7-3-4-9-22-15/h3-4,7,9,14H,2,5-6,8,10-13H2,1H3,(H2,20,27)(H,21,23). The Morgan fingerprint density at radius 2 is 2.36 bits per heavy atom. The maximum absolute atomic E-state index is 11.2. The van der Waals surface area contributed by atoms with Crippen molar-refractivity contribution in [3.05, 3.63) is 30.2 Å². The van der Waals surface area contributed by atoms with Crippen LogP contribution in [0.5, 0.6) is 0 Å². The molecule has 1 amide bonds. The summed E-state index contributed by atoms with van der Waals surface area (Å²) in [5, 5.41) is 7.34. The first-order valence-corrected chi connectivity index (χ1v) is 9.71. The summed E-state index contributed by atoms with van der Waals surface area (Å²) in [5.41, 5.74) is 6.02. The van der Waals surface area contributed by atoms with Crippen LogP contribution >= 0.6 is 0 Å². The number of nitrogens with two attached hydrogens (primary N) is 1. The zero-order chi connectivity index (χ0) is 19.8. The SMILES string of the molecule is CCNC(=NCCc1noc(-c2ccccn2)n1)N1CCCC(CC(N)=O)C1. The molecule has 0 radical (unpaired) electrons. The summed E-state index contributed by atoms with van der Waals surface area (Å²) in [6.07, 6.45) is 4.74. The highest BCUT2D eigenvalue weighted by atomic mass is 16.5. The summed E-state index contributed by atoms with van der Waals surface area (Å²) in [5.74, 6) is 1.91. The Morgan fingerprint density at radius 3 is 3.11 bits per heavy atom. The van der Waals surface area contributed by atoms with E-state index >= 15 is 0 Å². The van der Waals surface area contributed by atoms with Crippen LogP contribution in [0.2, 0.25) is 0 Å². The van der Waals surface area contributed by atoms with Crippen LogP contribution in [-0.2, 0) is 11.2 Å². The topological polar surface area (TPSA) is 123 Å². The van der Waals surface area contributed by atoms with Crippen molar-refractivity contribution in [1.82, 2.24) is 25.3 Å². The van der Waals surface area contributed by atoms with Gasteiger partial charge in [0.15, 0.2) is 11.8 Å². The van der Waals surface area contributed by atoms with E-state index in [0.29, 0.717) is 36.8 Å². The number of carbonyl (C=O) groups excluding carboxylic acids is 1. The molecule has 3 N–H and O–H groups in total. The Balaban J connectivity index is 1.59. The Morgan fingerprint density at radius 1 is 1.46 bits per heavy atom. The first-order chi connectivity index (χ1) is 13.7. The molecule has 0 aliphatic carbocycles. The van der Waals surface area contributed by atoms with Gasteiger partial charge in [0.05, 0.1) is 0 Å². The Kier molecular flexibility index (Phi) is 6.94. The van der Waals surface area contributed by atoms with Crippen molar-refractivity contribution in [3.8, 4) is 11.6 Å². The lowest BCUT2D eigenvalue weighted by Gasteiger charge is -2.34. The predicted molar refractivity (Wildman–Crippen MR) is 105 cm³/mol. The number of aromatic nitrogens is 3. The molecular weight excluding hydrogens is 358 g/mol. The van der Waals surface area contributed by atoms with Crippen molar-refractivity contribution in [3.63, 3.8) is 0 Å². The number of hydrogen-bond acceptors (Lipinski definition) is 6. The number of carbonyl (C=O) groups is 1. The molecule has 3 rings (SSSR count). The summed E-state index contributed by atoms with van der Waals surface area (Å²) in [6.45, 7) is 5.08. The maximum atomic E-state index is 11.2. The van der Waals surface area contributed by atoms with Gasteiger partial charge in [-0.3, -0.25) is 14.8 Å². The molecule has 1 aliphatic rings. The monoisotopic (exact) mass is 385 g/mol. The molecule has 0 saturated carbocycles. The number of primary amides is 1. The van der Waals surface area contributed by atoms with Gasteiger partial charge >= 0.3 is 0 Å². The molecule has 1 atom stereocenters. The first-order valence-electron chi connectivity index (χ1n) is 9.71. The average molecular weight is 385 g/mol. The molecule has 0 spiro atoms. The Labute approximate surface area is 164 Å². The minimum Gasteiger partial charge on any atom is -0.370 e. The second-order valence-electron chi connectivity index (χ2n) is 6.84. The van der Waals surface area contributed by atoms with E-state index in [0.717, 1.165) is 38.4 Å². The molecule has 1 unspecified atom stereocenters. The lowest BCUT2D eigenvalue weighted by atomic mass is 9.95. The molecule has 9 heteroatoms. The molecular formula is C19H27N7O2. The normalized spacial score (nSPS) is 17.5. The highest BCUT2D eigenvalue weighted by molar-refractivity contribution is 5.80. The number of pyridine rings is 1. The number of hydrogen-bond donors (Lipinski definition) is 2. The molecule has 9 nitrogen and oxygen atoms in total. The van der Waals surface area contributed by atoms with Gasteiger partial charge in [0.2, 0.25) is 5.91 Å². The summed E-state index contributed by atoms with van der Waals surface area (Å²) < 4.78 is 5.28. The molecule has 0 bridgehead atoms. The fraction of sp³-hybridized carbons (Fsp3) is 0.526. The highest BCUT2D eigenvalue weighted by Gasteiger charge is 2.23. The minimum absolute atomic E-state index is 0.241. The van der Waals surface area contributed by atoms with Crippen molar-refractivity contribution in [2.45, 2.75) is 32.6 Å². The van der Waals surface area contributed by atoms with E-state index in [2.05, 4.69) is 25.3 Å². The third-order valence-corrected chi connectivity index (χ3v) is 4.59. The summed E-state index contributed by atoms with van der Waals surface area (Å²) in [6, 6.07) is 5.55. The van der Waals surface area contributed by atoms with Gasteiger partial charge < -0.3 is 20.5 Å². The maximum Gasteiger partial charge on any atom is 0.276 e. The summed E-state index contributed by atoms with van der Waals surface area (Å²) in [7, 11) is 0. The summed E-state index contributed by atoms with van der Waals surface area (Å²) >= 11 is 0. The van der Waals surface area contributed by atoms with Gasteiger partial charge in [-0.05, 0) is 37.8 Å². The van der Waals surface area contributed by atoms with E-state index in [-0.39, 0.29) is 11.8 Å². The van der Waals surface area contributed by atoms with Gasteiger partial charge in [-0.25, -0.2) is 0 Å². The third kappa shape index (κ3) is 5.51. The van der Waals surface area contributed by atoms with Crippen LogP contribution < -0.4 is 11.1 Å². The number of likely N-dealkylation sites (tertiary alicyclic amines) is 1. The van der Waals surface area contributed by atoms with Gasteiger partial charge in [0.1, 0.15) is 5.69 Å². The van der Waals surface area contributed by atoms with Gasteiger partial charge in [-0.1, -0.05) is 11.2 Å². The lowest BCUT2D eigenvalue weighted by Crippen LogP contribution is -2.47. The van der Waals surface area contributed by atoms with E-state index in [1.54, 1.807) is 6.20 Å². The molecule has 1 fully saturated rings. The van der Waals surface area contributed by atoms with Crippen molar-refractivity contribution >= 4 is 11.9 Å². The molecule has 2 aromatic rings. The number of rotatable bonds is 7. The molecule has 1 aliphatic heterocycles. The van der Waals surface area contributed by atoms with Crippen LogP contribution in [0.25, 0.3) is 11.6 Å². The zero-order valence-corrected chi connectivity index (χ0v) is 16.2. The number of nitrogens with zero attached hydrogens (tertiary/aromatic N) is 5. The van der Waals surface area contributed by atoms with Crippen molar-refractivity contribution in [1.29, 1.82) is 0 Å². The molecule has 28 heavy (non-hydrogen) atoms. The van der Waals surface area contributed by atoms with E-state index < -0.39 is 0 Å². The molecule has 3 heterocycles. The van der Waals surface area contributed by atoms with Crippen molar-refractivity contribution in [2.75, 3.05) is 26.2 Å². The Bertz CT molecular complexity index is 791.